The Bertz CT molecular complexity index is 344. The van der Waals surface area contributed by atoms with E-state index in [1.165, 1.54) is 6.07 Å². The van der Waals surface area contributed by atoms with Crippen LogP contribution in [0.5, 0.6) is 0 Å². The molecule has 0 radical (unpaired) electrons. The summed E-state index contributed by atoms with van der Waals surface area (Å²) in [5, 5.41) is 9.78. The van der Waals surface area contributed by atoms with Crippen LogP contribution in [-0.2, 0) is 11.2 Å². The zero-order valence-corrected chi connectivity index (χ0v) is 11.0. The first kappa shape index (κ1) is 13.6. The van der Waals surface area contributed by atoms with Gasteiger partial charge in [0.2, 0.25) is 0 Å². The molecule has 16 heavy (non-hydrogen) atoms. The van der Waals surface area contributed by atoms with E-state index in [4.69, 9.17) is 4.74 Å². The molecule has 0 aliphatic heterocycles. The number of halogens is 2. The molecule has 2 atom stereocenters. The summed E-state index contributed by atoms with van der Waals surface area (Å²) in [5.74, 6) is -0.288. The number of hydrogen-bond acceptors (Lipinski definition) is 2. The van der Waals surface area contributed by atoms with Crippen LogP contribution in [0.4, 0.5) is 4.39 Å². The van der Waals surface area contributed by atoms with Crippen molar-refractivity contribution in [3.05, 3.63) is 34.1 Å². The minimum Gasteiger partial charge on any atom is -0.393 e. The van der Waals surface area contributed by atoms with Crippen molar-refractivity contribution in [1.82, 2.24) is 0 Å². The van der Waals surface area contributed by atoms with Crippen molar-refractivity contribution in [2.75, 3.05) is 7.11 Å². The first-order valence-electron chi connectivity index (χ1n) is 5.17. The smallest absolute Gasteiger partial charge is 0.137 e. The third-order valence-electron chi connectivity index (χ3n) is 2.46. The van der Waals surface area contributed by atoms with Gasteiger partial charge in [0.15, 0.2) is 0 Å². The molecule has 1 aromatic rings. The van der Waals surface area contributed by atoms with Crippen LogP contribution in [0.2, 0.25) is 0 Å². The van der Waals surface area contributed by atoms with Crippen molar-refractivity contribution < 1.29 is 14.2 Å². The van der Waals surface area contributed by atoms with Gasteiger partial charge >= 0.3 is 0 Å². The van der Waals surface area contributed by atoms with Gasteiger partial charge in [-0.05, 0) is 53.4 Å². The van der Waals surface area contributed by atoms with Gasteiger partial charge in [-0.3, -0.25) is 0 Å². The number of aliphatic hydroxyl groups is 1. The monoisotopic (exact) mass is 290 g/mol. The van der Waals surface area contributed by atoms with E-state index in [2.05, 4.69) is 15.9 Å². The van der Waals surface area contributed by atoms with E-state index in [1.54, 1.807) is 19.2 Å². The second kappa shape index (κ2) is 6.33. The molecule has 1 aromatic carbocycles. The summed E-state index contributed by atoms with van der Waals surface area (Å²) in [6.45, 7) is 1.91. The van der Waals surface area contributed by atoms with E-state index in [-0.39, 0.29) is 11.9 Å². The van der Waals surface area contributed by atoms with E-state index < -0.39 is 6.10 Å². The summed E-state index contributed by atoms with van der Waals surface area (Å²) in [7, 11) is 1.62. The van der Waals surface area contributed by atoms with Gasteiger partial charge in [-0.2, -0.15) is 0 Å². The number of methoxy groups -OCH3 is 1. The Morgan fingerprint density at radius 2 is 2.19 bits per heavy atom. The Balaban J connectivity index is 2.56. The second-order valence-electron chi connectivity index (χ2n) is 3.89. The quantitative estimate of drug-likeness (QED) is 0.904. The van der Waals surface area contributed by atoms with Crippen molar-refractivity contribution in [3.63, 3.8) is 0 Å². The molecular weight excluding hydrogens is 275 g/mol. The zero-order valence-electron chi connectivity index (χ0n) is 9.41. The van der Waals surface area contributed by atoms with Crippen LogP contribution in [0, 0.1) is 5.82 Å². The number of benzene rings is 1. The molecule has 0 aromatic heterocycles. The molecule has 4 heteroatoms. The fraction of sp³-hybridized carbons (Fsp3) is 0.500. The molecule has 0 fully saturated rings. The Morgan fingerprint density at radius 3 is 2.75 bits per heavy atom. The maximum Gasteiger partial charge on any atom is 0.137 e. The van der Waals surface area contributed by atoms with E-state index in [0.29, 0.717) is 17.3 Å². The van der Waals surface area contributed by atoms with Crippen LogP contribution in [0.1, 0.15) is 18.9 Å². The summed E-state index contributed by atoms with van der Waals surface area (Å²) >= 11 is 3.12. The lowest BCUT2D eigenvalue weighted by atomic mass is 10.0. The standard InChI is InChI=1S/C12H16BrFO2/c1-8(16-2)5-10(15)6-9-3-4-12(14)11(13)7-9/h3-4,7-8,10,15H,5-6H2,1-2H3. The van der Waals surface area contributed by atoms with Crippen molar-refractivity contribution >= 4 is 15.9 Å². The van der Waals surface area contributed by atoms with Gasteiger partial charge in [0.1, 0.15) is 5.82 Å². The normalized spacial score (nSPS) is 14.8. The molecular formula is C12H16BrFO2. The highest BCUT2D eigenvalue weighted by Crippen LogP contribution is 2.18. The third-order valence-corrected chi connectivity index (χ3v) is 3.07. The van der Waals surface area contributed by atoms with Crippen molar-refractivity contribution in [1.29, 1.82) is 0 Å². The molecule has 2 nitrogen and oxygen atoms in total. The summed E-state index contributed by atoms with van der Waals surface area (Å²) in [6.07, 6.45) is 0.643. The molecule has 1 N–H and O–H groups in total. The third kappa shape index (κ3) is 4.20. The molecule has 90 valence electrons. The Morgan fingerprint density at radius 1 is 1.50 bits per heavy atom. The van der Waals surface area contributed by atoms with Crippen LogP contribution >= 0.6 is 15.9 Å². The molecule has 0 saturated carbocycles. The van der Waals surface area contributed by atoms with Crippen LogP contribution in [0.3, 0.4) is 0 Å². The highest BCUT2D eigenvalue weighted by molar-refractivity contribution is 9.10. The van der Waals surface area contributed by atoms with E-state index >= 15 is 0 Å². The molecule has 0 saturated heterocycles. The van der Waals surface area contributed by atoms with Crippen molar-refractivity contribution in [3.8, 4) is 0 Å². The van der Waals surface area contributed by atoms with Crippen LogP contribution in [0.15, 0.2) is 22.7 Å². The van der Waals surface area contributed by atoms with Crippen LogP contribution < -0.4 is 0 Å². The van der Waals surface area contributed by atoms with Crippen LogP contribution in [-0.4, -0.2) is 24.4 Å². The maximum absolute atomic E-state index is 13.0. The minimum absolute atomic E-state index is 0.0267. The second-order valence-corrected chi connectivity index (χ2v) is 4.74. The molecule has 1 rings (SSSR count). The summed E-state index contributed by atoms with van der Waals surface area (Å²) in [6, 6.07) is 4.77. The summed E-state index contributed by atoms with van der Waals surface area (Å²) in [4.78, 5) is 0. The highest BCUT2D eigenvalue weighted by Gasteiger charge is 2.11. The van der Waals surface area contributed by atoms with E-state index in [0.717, 1.165) is 5.56 Å². The fourth-order valence-electron chi connectivity index (χ4n) is 1.50. The Kier molecular flexibility index (Phi) is 5.38. The molecule has 0 spiro atoms. The largest absolute Gasteiger partial charge is 0.393 e. The molecule has 0 heterocycles. The van der Waals surface area contributed by atoms with Crippen molar-refractivity contribution in [2.45, 2.75) is 32.0 Å². The first-order valence-corrected chi connectivity index (χ1v) is 5.97. The number of rotatable bonds is 5. The SMILES string of the molecule is COC(C)CC(O)Cc1ccc(F)c(Br)c1. The average Bonchev–Trinajstić information content (AvgIpc) is 2.23. The lowest BCUT2D eigenvalue weighted by Gasteiger charge is -2.15. The van der Waals surface area contributed by atoms with Gasteiger partial charge in [-0.25, -0.2) is 4.39 Å². The zero-order chi connectivity index (χ0) is 12.1. The molecule has 0 amide bonds. The maximum atomic E-state index is 13.0. The number of aliphatic hydroxyl groups excluding tert-OH is 1. The molecule has 0 aliphatic rings. The van der Waals surface area contributed by atoms with Gasteiger partial charge in [-0.15, -0.1) is 0 Å². The fourth-order valence-corrected chi connectivity index (χ4v) is 1.93. The topological polar surface area (TPSA) is 29.5 Å². The van der Waals surface area contributed by atoms with Gasteiger partial charge in [0.25, 0.3) is 0 Å². The predicted octanol–water partition coefficient (Wildman–Crippen LogP) is 2.92. The van der Waals surface area contributed by atoms with Crippen molar-refractivity contribution in [2.24, 2.45) is 0 Å². The van der Waals surface area contributed by atoms with Gasteiger partial charge in [0, 0.05) is 7.11 Å². The first-order chi connectivity index (χ1) is 7.52. The lowest BCUT2D eigenvalue weighted by Crippen LogP contribution is -2.19. The van der Waals surface area contributed by atoms with E-state index in [1.807, 2.05) is 6.92 Å². The highest BCUT2D eigenvalue weighted by atomic mass is 79.9. The summed E-state index contributed by atoms with van der Waals surface area (Å²) in [5.41, 5.74) is 0.907. The molecule has 2 unspecified atom stereocenters. The van der Waals surface area contributed by atoms with Gasteiger partial charge < -0.3 is 9.84 Å². The minimum atomic E-state index is -0.465. The predicted molar refractivity (Wildman–Crippen MR) is 64.9 cm³/mol. The van der Waals surface area contributed by atoms with Crippen LogP contribution in [0.25, 0.3) is 0 Å². The summed E-state index contributed by atoms with van der Waals surface area (Å²) < 4.78 is 18.5. The lowest BCUT2D eigenvalue weighted by molar-refractivity contribution is 0.0565. The number of hydrogen-bond donors (Lipinski definition) is 1. The number of ether oxygens (including phenoxy) is 1. The Hall–Kier alpha value is -0.450. The molecule has 0 aliphatic carbocycles. The van der Waals surface area contributed by atoms with Gasteiger partial charge in [-0.1, -0.05) is 6.07 Å². The van der Waals surface area contributed by atoms with Gasteiger partial charge in [0.05, 0.1) is 16.7 Å². The molecule has 0 bridgehead atoms. The average molecular weight is 291 g/mol. The van der Waals surface area contributed by atoms with E-state index in [9.17, 15) is 9.50 Å². The Labute approximate surface area is 104 Å².